The maximum Gasteiger partial charge on any atom is 0.261 e. The SMILES string of the molecule is CC(Oc1ccc2ccccc2c1)C(=O)NC(C)(C)CC(C)(C)C. The Balaban J connectivity index is 2.02. The minimum Gasteiger partial charge on any atom is -0.481 e. The van der Waals surface area contributed by atoms with Gasteiger partial charge >= 0.3 is 0 Å². The number of hydrogen-bond donors (Lipinski definition) is 1. The summed E-state index contributed by atoms with van der Waals surface area (Å²) in [5.41, 5.74) is -0.116. The number of nitrogens with one attached hydrogen (secondary N) is 1. The number of carbonyl (C=O) groups is 1. The van der Waals surface area contributed by atoms with Gasteiger partial charge in [-0.3, -0.25) is 4.79 Å². The monoisotopic (exact) mass is 327 g/mol. The van der Waals surface area contributed by atoms with Crippen LogP contribution in [0.2, 0.25) is 0 Å². The van der Waals surface area contributed by atoms with Crippen LogP contribution in [0.5, 0.6) is 5.75 Å². The lowest BCUT2D eigenvalue weighted by Crippen LogP contribution is -2.50. The molecule has 130 valence electrons. The van der Waals surface area contributed by atoms with Gasteiger partial charge in [-0.25, -0.2) is 0 Å². The smallest absolute Gasteiger partial charge is 0.261 e. The highest BCUT2D eigenvalue weighted by atomic mass is 16.5. The Morgan fingerprint density at radius 2 is 1.67 bits per heavy atom. The number of hydrogen-bond acceptors (Lipinski definition) is 2. The molecule has 1 amide bonds. The molecule has 2 aromatic carbocycles. The molecule has 2 aromatic rings. The molecule has 0 radical (unpaired) electrons. The maximum absolute atomic E-state index is 12.5. The minimum absolute atomic E-state index is 0.0857. The first-order valence-electron chi connectivity index (χ1n) is 8.53. The van der Waals surface area contributed by atoms with Gasteiger partial charge in [-0.05, 0) is 55.5 Å². The molecule has 0 aliphatic heterocycles. The van der Waals surface area contributed by atoms with Gasteiger partial charge in [-0.15, -0.1) is 0 Å². The lowest BCUT2D eigenvalue weighted by molar-refractivity contribution is -0.129. The first-order chi connectivity index (χ1) is 11.1. The van der Waals surface area contributed by atoms with Gasteiger partial charge in [0.1, 0.15) is 5.75 Å². The average molecular weight is 327 g/mol. The van der Waals surface area contributed by atoms with E-state index in [1.165, 1.54) is 0 Å². The highest BCUT2D eigenvalue weighted by Gasteiger charge is 2.29. The van der Waals surface area contributed by atoms with E-state index in [2.05, 4.69) is 46.0 Å². The van der Waals surface area contributed by atoms with Gasteiger partial charge in [0.15, 0.2) is 6.10 Å². The van der Waals surface area contributed by atoms with E-state index in [1.807, 2.05) is 36.4 Å². The molecule has 0 spiro atoms. The van der Waals surface area contributed by atoms with E-state index >= 15 is 0 Å². The molecule has 0 fully saturated rings. The van der Waals surface area contributed by atoms with Gasteiger partial charge in [0, 0.05) is 5.54 Å². The summed E-state index contributed by atoms with van der Waals surface area (Å²) in [6.45, 7) is 12.4. The number of benzene rings is 2. The summed E-state index contributed by atoms with van der Waals surface area (Å²) in [6, 6.07) is 14.0. The van der Waals surface area contributed by atoms with Crippen LogP contribution in [-0.2, 0) is 4.79 Å². The molecule has 2 rings (SSSR count). The molecular formula is C21H29NO2. The fraction of sp³-hybridized carbons (Fsp3) is 0.476. The van der Waals surface area contributed by atoms with Crippen molar-refractivity contribution in [1.82, 2.24) is 5.32 Å². The Bertz CT molecular complexity index is 713. The second kappa shape index (κ2) is 6.84. The maximum atomic E-state index is 12.5. The van der Waals surface area contributed by atoms with Gasteiger partial charge in [0.2, 0.25) is 0 Å². The topological polar surface area (TPSA) is 38.3 Å². The number of carbonyl (C=O) groups excluding carboxylic acids is 1. The van der Waals surface area contributed by atoms with Crippen molar-refractivity contribution in [2.24, 2.45) is 5.41 Å². The predicted octanol–water partition coefficient (Wildman–Crippen LogP) is 4.94. The molecule has 0 saturated heterocycles. The molecular weight excluding hydrogens is 298 g/mol. The highest BCUT2D eigenvalue weighted by molar-refractivity contribution is 5.84. The zero-order valence-corrected chi connectivity index (χ0v) is 15.6. The van der Waals surface area contributed by atoms with Crippen LogP contribution in [0, 0.1) is 5.41 Å². The molecule has 0 aliphatic carbocycles. The lowest BCUT2D eigenvalue weighted by Gasteiger charge is -2.34. The van der Waals surface area contributed by atoms with Crippen molar-refractivity contribution in [2.45, 2.75) is 59.6 Å². The van der Waals surface area contributed by atoms with Crippen LogP contribution in [0.1, 0.15) is 48.0 Å². The molecule has 0 bridgehead atoms. The van der Waals surface area contributed by atoms with Crippen molar-refractivity contribution < 1.29 is 9.53 Å². The standard InChI is InChI=1S/C21H29NO2/c1-15(19(23)22-21(5,6)14-20(2,3)4)24-18-12-11-16-9-7-8-10-17(16)13-18/h7-13,15H,14H2,1-6H3,(H,22,23). The molecule has 1 N–H and O–H groups in total. The Labute approximate surface area is 145 Å². The van der Waals surface area contributed by atoms with Crippen LogP contribution >= 0.6 is 0 Å². The van der Waals surface area contributed by atoms with Crippen LogP contribution in [0.3, 0.4) is 0 Å². The third-order valence-corrected chi connectivity index (χ3v) is 3.84. The van der Waals surface area contributed by atoms with Crippen molar-refractivity contribution in [3.05, 3.63) is 42.5 Å². The van der Waals surface area contributed by atoms with Gasteiger partial charge in [-0.2, -0.15) is 0 Å². The van der Waals surface area contributed by atoms with E-state index < -0.39 is 6.10 Å². The Hall–Kier alpha value is -2.03. The van der Waals surface area contributed by atoms with Crippen molar-refractivity contribution in [2.75, 3.05) is 0 Å². The summed E-state index contributed by atoms with van der Waals surface area (Å²) in [5.74, 6) is 0.627. The average Bonchev–Trinajstić information content (AvgIpc) is 2.43. The van der Waals surface area contributed by atoms with E-state index in [9.17, 15) is 4.79 Å². The third-order valence-electron chi connectivity index (χ3n) is 3.84. The van der Waals surface area contributed by atoms with Crippen molar-refractivity contribution in [3.63, 3.8) is 0 Å². The zero-order valence-electron chi connectivity index (χ0n) is 15.6. The molecule has 0 aromatic heterocycles. The fourth-order valence-corrected chi connectivity index (χ4v) is 3.30. The van der Waals surface area contributed by atoms with Crippen molar-refractivity contribution in [1.29, 1.82) is 0 Å². The largest absolute Gasteiger partial charge is 0.481 e. The molecule has 24 heavy (non-hydrogen) atoms. The lowest BCUT2D eigenvalue weighted by atomic mass is 9.81. The molecule has 0 saturated carbocycles. The Morgan fingerprint density at radius 1 is 1.04 bits per heavy atom. The normalized spacial score (nSPS) is 13.6. The molecule has 0 aliphatic rings. The predicted molar refractivity (Wildman–Crippen MR) is 100 cm³/mol. The van der Waals surface area contributed by atoms with Crippen LogP contribution in [0.25, 0.3) is 10.8 Å². The number of ether oxygens (including phenoxy) is 1. The highest BCUT2D eigenvalue weighted by Crippen LogP contribution is 2.27. The van der Waals surface area contributed by atoms with Crippen LogP contribution < -0.4 is 10.1 Å². The molecule has 3 heteroatoms. The summed E-state index contributed by atoms with van der Waals surface area (Å²) in [5, 5.41) is 5.37. The summed E-state index contributed by atoms with van der Waals surface area (Å²) >= 11 is 0. The molecule has 1 unspecified atom stereocenters. The van der Waals surface area contributed by atoms with E-state index in [0.29, 0.717) is 5.75 Å². The quantitative estimate of drug-likeness (QED) is 0.845. The number of fused-ring (bicyclic) bond motifs is 1. The first-order valence-corrected chi connectivity index (χ1v) is 8.53. The van der Waals surface area contributed by atoms with Gasteiger partial charge in [0.25, 0.3) is 5.91 Å². The first kappa shape index (κ1) is 18.3. The molecule has 3 nitrogen and oxygen atoms in total. The molecule has 1 atom stereocenters. The molecule has 0 heterocycles. The second-order valence-electron chi connectivity index (χ2n) is 8.38. The number of amides is 1. The van der Waals surface area contributed by atoms with E-state index in [4.69, 9.17) is 4.74 Å². The Kier molecular flexibility index (Phi) is 5.22. The summed E-state index contributed by atoms with van der Waals surface area (Å²) in [4.78, 5) is 12.5. The second-order valence-corrected chi connectivity index (χ2v) is 8.38. The van der Waals surface area contributed by atoms with E-state index in [0.717, 1.165) is 17.2 Å². The van der Waals surface area contributed by atoms with Gasteiger partial charge in [-0.1, -0.05) is 51.1 Å². The van der Waals surface area contributed by atoms with Crippen LogP contribution in [0.15, 0.2) is 42.5 Å². The van der Waals surface area contributed by atoms with E-state index in [1.54, 1.807) is 6.92 Å². The summed E-state index contributed by atoms with van der Waals surface area (Å²) < 4.78 is 5.85. The van der Waals surface area contributed by atoms with Gasteiger partial charge < -0.3 is 10.1 Å². The van der Waals surface area contributed by atoms with E-state index in [-0.39, 0.29) is 16.9 Å². The summed E-state index contributed by atoms with van der Waals surface area (Å²) in [6.07, 6.45) is 0.361. The van der Waals surface area contributed by atoms with Gasteiger partial charge in [0.05, 0.1) is 0 Å². The van der Waals surface area contributed by atoms with Crippen LogP contribution in [0.4, 0.5) is 0 Å². The zero-order chi connectivity index (χ0) is 18.0. The minimum atomic E-state index is -0.537. The third kappa shape index (κ3) is 5.26. The van der Waals surface area contributed by atoms with Crippen molar-refractivity contribution >= 4 is 16.7 Å². The fourth-order valence-electron chi connectivity index (χ4n) is 3.30. The number of rotatable bonds is 5. The summed E-state index contributed by atoms with van der Waals surface area (Å²) in [7, 11) is 0. The van der Waals surface area contributed by atoms with Crippen molar-refractivity contribution in [3.8, 4) is 5.75 Å². The Morgan fingerprint density at radius 3 is 2.29 bits per heavy atom. The van der Waals surface area contributed by atoms with Crippen LogP contribution in [-0.4, -0.2) is 17.6 Å².